The number of aliphatic hydroxyl groups is 1. The molecule has 0 saturated carbocycles. The van der Waals surface area contributed by atoms with Gasteiger partial charge in [-0.15, -0.1) is 0 Å². The molecule has 0 amide bonds. The van der Waals surface area contributed by atoms with Gasteiger partial charge in [0.25, 0.3) is 0 Å². The number of hydrogen-bond donors (Lipinski definition) is 3. The van der Waals surface area contributed by atoms with Gasteiger partial charge in [0.2, 0.25) is 0 Å². The smallest absolute Gasteiger partial charge is 0.188 e. The van der Waals surface area contributed by atoms with E-state index in [1.54, 1.807) is 6.92 Å². The Bertz CT molecular complexity index is 112. The van der Waals surface area contributed by atoms with E-state index in [0.717, 1.165) is 6.54 Å². The highest BCUT2D eigenvalue weighted by molar-refractivity contribution is 5.77. The van der Waals surface area contributed by atoms with E-state index >= 15 is 0 Å². The molecule has 60 valence electrons. The van der Waals surface area contributed by atoms with Crippen molar-refractivity contribution in [1.82, 2.24) is 5.32 Å². The fourth-order valence-corrected chi connectivity index (χ4v) is 0.467. The fourth-order valence-electron chi connectivity index (χ4n) is 0.467. The minimum Gasteiger partial charge on any atom is -0.391 e. The number of hydrogen-bond acceptors (Lipinski definition) is 2. The van der Waals surface area contributed by atoms with E-state index in [4.69, 9.17) is 10.8 Å². The van der Waals surface area contributed by atoms with Crippen LogP contribution in [-0.2, 0) is 0 Å². The molecular formula is C6H15N3O. The summed E-state index contributed by atoms with van der Waals surface area (Å²) in [7, 11) is 0. The molecule has 0 rings (SSSR count). The Kier molecular flexibility index (Phi) is 4.66. The highest BCUT2D eigenvalue weighted by Gasteiger charge is 1.92. The van der Waals surface area contributed by atoms with E-state index in [1.165, 1.54) is 0 Å². The van der Waals surface area contributed by atoms with Crippen molar-refractivity contribution in [1.29, 1.82) is 0 Å². The molecule has 0 fully saturated rings. The summed E-state index contributed by atoms with van der Waals surface area (Å²) < 4.78 is 0. The predicted molar refractivity (Wildman–Crippen MR) is 41.8 cm³/mol. The summed E-state index contributed by atoms with van der Waals surface area (Å²) in [5.74, 6) is 0.392. The minimum absolute atomic E-state index is 0.360. The van der Waals surface area contributed by atoms with E-state index < -0.39 is 6.10 Å². The van der Waals surface area contributed by atoms with Gasteiger partial charge in [-0.2, -0.15) is 0 Å². The lowest BCUT2D eigenvalue weighted by Crippen LogP contribution is -2.32. The summed E-state index contributed by atoms with van der Waals surface area (Å²) in [5.41, 5.74) is 5.36. The van der Waals surface area contributed by atoms with Gasteiger partial charge in [0, 0.05) is 6.54 Å². The average molecular weight is 145 g/mol. The molecule has 10 heavy (non-hydrogen) atoms. The molecule has 0 radical (unpaired) electrons. The minimum atomic E-state index is -0.419. The number of nitrogens with two attached hydrogens (primary N) is 1. The molecule has 1 atom stereocenters. The van der Waals surface area contributed by atoms with Gasteiger partial charge in [-0.25, -0.2) is 0 Å². The van der Waals surface area contributed by atoms with Crippen molar-refractivity contribution in [2.75, 3.05) is 13.1 Å². The topological polar surface area (TPSA) is 70.6 Å². The van der Waals surface area contributed by atoms with Gasteiger partial charge >= 0.3 is 0 Å². The first kappa shape index (κ1) is 9.23. The second-order valence-corrected chi connectivity index (χ2v) is 2.11. The number of nitrogens with zero attached hydrogens (tertiary/aromatic N) is 1. The molecule has 0 aliphatic carbocycles. The quantitative estimate of drug-likeness (QED) is 0.363. The summed E-state index contributed by atoms with van der Waals surface area (Å²) in [6.07, 6.45) is -0.419. The molecule has 0 saturated heterocycles. The second kappa shape index (κ2) is 5.05. The van der Waals surface area contributed by atoms with Crippen LogP contribution in [0.15, 0.2) is 4.99 Å². The molecule has 0 aliphatic rings. The lowest BCUT2D eigenvalue weighted by atomic mass is 10.4. The molecule has 0 aliphatic heterocycles. The van der Waals surface area contributed by atoms with E-state index in [2.05, 4.69) is 10.3 Å². The van der Waals surface area contributed by atoms with Gasteiger partial charge in [0.1, 0.15) is 0 Å². The lowest BCUT2D eigenvalue weighted by Gasteiger charge is -2.02. The standard InChI is InChI=1S/C6H15N3O/c1-3-8-6(7)9-4-5(2)10/h5,10H,3-4H2,1-2H3,(H3,7,8,9). The van der Waals surface area contributed by atoms with Crippen LogP contribution >= 0.6 is 0 Å². The van der Waals surface area contributed by atoms with E-state index in [-0.39, 0.29) is 0 Å². The summed E-state index contributed by atoms with van der Waals surface area (Å²) in [6, 6.07) is 0. The number of guanidine groups is 1. The Balaban J connectivity index is 3.47. The Labute approximate surface area is 61.1 Å². The Morgan fingerprint density at radius 1 is 1.80 bits per heavy atom. The fraction of sp³-hybridized carbons (Fsp3) is 0.833. The van der Waals surface area contributed by atoms with Crippen LogP contribution in [0.5, 0.6) is 0 Å². The van der Waals surface area contributed by atoms with Crippen LogP contribution in [0, 0.1) is 0 Å². The molecule has 0 heterocycles. The average Bonchev–Trinajstić information content (AvgIpc) is 1.85. The first-order chi connectivity index (χ1) is 4.66. The zero-order valence-electron chi connectivity index (χ0n) is 6.46. The number of nitrogens with one attached hydrogen (secondary N) is 1. The first-order valence-corrected chi connectivity index (χ1v) is 3.38. The molecular weight excluding hydrogens is 130 g/mol. The molecule has 4 N–H and O–H groups in total. The van der Waals surface area contributed by atoms with Crippen LogP contribution in [0.3, 0.4) is 0 Å². The normalized spacial score (nSPS) is 14.9. The van der Waals surface area contributed by atoms with Gasteiger partial charge in [-0.3, -0.25) is 4.99 Å². The maximum Gasteiger partial charge on any atom is 0.188 e. The van der Waals surface area contributed by atoms with Crippen LogP contribution in [0.25, 0.3) is 0 Å². The van der Waals surface area contributed by atoms with Crippen LogP contribution in [0.1, 0.15) is 13.8 Å². The van der Waals surface area contributed by atoms with E-state index in [1.807, 2.05) is 6.92 Å². The van der Waals surface area contributed by atoms with Crippen LogP contribution in [-0.4, -0.2) is 30.3 Å². The Morgan fingerprint density at radius 2 is 2.40 bits per heavy atom. The van der Waals surface area contributed by atoms with Gasteiger partial charge in [-0.05, 0) is 13.8 Å². The van der Waals surface area contributed by atoms with Crippen molar-refractivity contribution in [3.63, 3.8) is 0 Å². The number of rotatable bonds is 3. The van der Waals surface area contributed by atoms with Crippen molar-refractivity contribution in [3.8, 4) is 0 Å². The number of aliphatic imine (C=N–C) groups is 1. The highest BCUT2D eigenvalue weighted by Crippen LogP contribution is 1.79. The summed E-state index contributed by atoms with van der Waals surface area (Å²) in [5, 5.41) is 11.6. The van der Waals surface area contributed by atoms with Crippen LogP contribution in [0.4, 0.5) is 0 Å². The van der Waals surface area contributed by atoms with Crippen molar-refractivity contribution in [2.45, 2.75) is 20.0 Å². The van der Waals surface area contributed by atoms with Gasteiger partial charge in [0.15, 0.2) is 5.96 Å². The predicted octanol–water partition coefficient (Wildman–Crippen LogP) is -0.709. The molecule has 0 aromatic rings. The number of aliphatic hydroxyl groups excluding tert-OH is 1. The summed E-state index contributed by atoms with van der Waals surface area (Å²) in [6.45, 7) is 4.72. The van der Waals surface area contributed by atoms with Gasteiger partial charge in [-0.1, -0.05) is 0 Å². The zero-order valence-corrected chi connectivity index (χ0v) is 6.46. The van der Waals surface area contributed by atoms with Crippen molar-refractivity contribution in [2.24, 2.45) is 10.7 Å². The monoisotopic (exact) mass is 145 g/mol. The third-order valence-electron chi connectivity index (χ3n) is 0.884. The molecule has 0 bridgehead atoms. The highest BCUT2D eigenvalue weighted by atomic mass is 16.3. The Hall–Kier alpha value is -0.770. The van der Waals surface area contributed by atoms with Gasteiger partial charge < -0.3 is 16.2 Å². The Morgan fingerprint density at radius 3 is 2.80 bits per heavy atom. The van der Waals surface area contributed by atoms with Gasteiger partial charge in [0.05, 0.1) is 12.6 Å². The van der Waals surface area contributed by atoms with Crippen molar-refractivity contribution >= 4 is 5.96 Å². The summed E-state index contributed by atoms with van der Waals surface area (Å²) in [4.78, 5) is 3.85. The molecule has 0 spiro atoms. The zero-order chi connectivity index (χ0) is 7.98. The summed E-state index contributed by atoms with van der Waals surface area (Å²) >= 11 is 0. The van der Waals surface area contributed by atoms with Crippen molar-refractivity contribution in [3.05, 3.63) is 0 Å². The van der Waals surface area contributed by atoms with Crippen LogP contribution < -0.4 is 11.1 Å². The maximum absolute atomic E-state index is 8.78. The van der Waals surface area contributed by atoms with Crippen molar-refractivity contribution < 1.29 is 5.11 Å². The van der Waals surface area contributed by atoms with E-state index in [9.17, 15) is 0 Å². The van der Waals surface area contributed by atoms with Crippen LogP contribution in [0.2, 0.25) is 0 Å². The first-order valence-electron chi connectivity index (χ1n) is 3.38. The molecule has 0 aromatic carbocycles. The molecule has 4 nitrogen and oxygen atoms in total. The van der Waals surface area contributed by atoms with E-state index in [0.29, 0.717) is 12.5 Å². The third-order valence-corrected chi connectivity index (χ3v) is 0.884. The molecule has 4 heteroatoms. The third kappa shape index (κ3) is 5.37. The lowest BCUT2D eigenvalue weighted by molar-refractivity contribution is 0.204. The maximum atomic E-state index is 8.78. The molecule has 1 unspecified atom stereocenters. The second-order valence-electron chi connectivity index (χ2n) is 2.11. The largest absolute Gasteiger partial charge is 0.391 e. The SMILES string of the molecule is CCNC(N)=NCC(C)O. The molecule has 0 aromatic heterocycles.